The van der Waals surface area contributed by atoms with Crippen molar-refractivity contribution < 1.29 is 15.0 Å². The Balaban J connectivity index is 1.98. The molecule has 2 fully saturated rings. The van der Waals surface area contributed by atoms with Crippen molar-refractivity contribution in [2.45, 2.75) is 38.2 Å². The van der Waals surface area contributed by atoms with Crippen LogP contribution in [0.4, 0.5) is 0 Å². The third kappa shape index (κ3) is 1.70. The van der Waals surface area contributed by atoms with Crippen LogP contribution >= 0.6 is 0 Å². The molecule has 2 aliphatic carbocycles. The van der Waals surface area contributed by atoms with Crippen LogP contribution in [0.3, 0.4) is 0 Å². The van der Waals surface area contributed by atoms with Gasteiger partial charge in [0.1, 0.15) is 0 Å². The highest BCUT2D eigenvalue weighted by Crippen LogP contribution is 2.45. The molecule has 4 atom stereocenters. The molecule has 3 heteroatoms. The Labute approximate surface area is 77.8 Å². The molecular weight excluding hydrogens is 168 g/mol. The minimum atomic E-state index is -0.649. The molecule has 2 aliphatic rings. The van der Waals surface area contributed by atoms with Gasteiger partial charge in [-0.15, -0.1) is 0 Å². The van der Waals surface area contributed by atoms with E-state index in [-0.39, 0.29) is 12.0 Å². The van der Waals surface area contributed by atoms with E-state index in [1.54, 1.807) is 0 Å². The van der Waals surface area contributed by atoms with Crippen LogP contribution in [0.15, 0.2) is 0 Å². The molecule has 0 unspecified atom stereocenters. The summed E-state index contributed by atoms with van der Waals surface area (Å²) in [5, 5.41) is 18.3. The first-order valence-corrected chi connectivity index (χ1v) is 5.07. The molecule has 0 saturated heterocycles. The summed E-state index contributed by atoms with van der Waals surface area (Å²) in [6.45, 7) is 0. The zero-order chi connectivity index (χ0) is 9.42. The summed E-state index contributed by atoms with van der Waals surface area (Å²) in [5.74, 6) is 0.263. The Morgan fingerprint density at radius 2 is 1.77 bits per heavy atom. The molecule has 74 valence electrons. The van der Waals surface area contributed by atoms with Crippen LogP contribution in [0.2, 0.25) is 0 Å². The molecular formula is C10H16O3. The van der Waals surface area contributed by atoms with E-state index in [4.69, 9.17) is 5.11 Å². The summed E-state index contributed by atoms with van der Waals surface area (Å²) in [5.41, 5.74) is 0. The number of carbonyl (C=O) groups is 1. The standard InChI is InChI=1S/C10H16O3/c11-9-2-1-6-3-8(10(12)13)4-7(6)5-9/h6-9,11H,1-5H2,(H,12,13)/t6-,7+,8-,9-/m1/s1. The summed E-state index contributed by atoms with van der Waals surface area (Å²) < 4.78 is 0. The Morgan fingerprint density at radius 3 is 2.46 bits per heavy atom. The molecule has 13 heavy (non-hydrogen) atoms. The molecule has 0 aromatic heterocycles. The maximum atomic E-state index is 10.8. The highest BCUT2D eigenvalue weighted by atomic mass is 16.4. The van der Waals surface area contributed by atoms with Gasteiger partial charge in [0.15, 0.2) is 0 Å². The predicted molar refractivity (Wildman–Crippen MR) is 47.2 cm³/mol. The topological polar surface area (TPSA) is 57.5 Å². The summed E-state index contributed by atoms with van der Waals surface area (Å²) in [6, 6.07) is 0. The van der Waals surface area contributed by atoms with Crippen molar-refractivity contribution in [3.8, 4) is 0 Å². The second-order valence-corrected chi connectivity index (χ2v) is 4.49. The minimum absolute atomic E-state index is 0.139. The Hall–Kier alpha value is -0.570. The molecule has 0 amide bonds. The molecule has 0 radical (unpaired) electrons. The van der Waals surface area contributed by atoms with Crippen molar-refractivity contribution in [1.82, 2.24) is 0 Å². The first kappa shape index (κ1) is 9.00. The Kier molecular flexibility index (Phi) is 2.28. The minimum Gasteiger partial charge on any atom is -0.481 e. The first-order chi connectivity index (χ1) is 6.16. The van der Waals surface area contributed by atoms with Gasteiger partial charge in [0, 0.05) is 0 Å². The van der Waals surface area contributed by atoms with E-state index in [1.807, 2.05) is 0 Å². The summed E-state index contributed by atoms with van der Waals surface area (Å²) >= 11 is 0. The fraction of sp³-hybridized carbons (Fsp3) is 0.900. The van der Waals surface area contributed by atoms with Crippen molar-refractivity contribution in [2.75, 3.05) is 0 Å². The van der Waals surface area contributed by atoms with Gasteiger partial charge in [-0.25, -0.2) is 0 Å². The monoisotopic (exact) mass is 184 g/mol. The number of aliphatic carboxylic acids is 1. The lowest BCUT2D eigenvalue weighted by Gasteiger charge is -2.28. The van der Waals surface area contributed by atoms with E-state index in [0.717, 1.165) is 32.1 Å². The third-order valence-electron chi connectivity index (χ3n) is 3.64. The third-order valence-corrected chi connectivity index (χ3v) is 3.64. The summed E-state index contributed by atoms with van der Waals surface area (Å²) in [6.07, 6.45) is 4.18. The average Bonchev–Trinajstić information content (AvgIpc) is 2.46. The molecule has 0 heterocycles. The maximum absolute atomic E-state index is 10.8. The molecule has 2 rings (SSSR count). The van der Waals surface area contributed by atoms with Gasteiger partial charge < -0.3 is 10.2 Å². The van der Waals surface area contributed by atoms with E-state index in [9.17, 15) is 9.90 Å². The van der Waals surface area contributed by atoms with Gasteiger partial charge in [-0.2, -0.15) is 0 Å². The lowest BCUT2D eigenvalue weighted by molar-refractivity contribution is -0.141. The fourth-order valence-corrected chi connectivity index (χ4v) is 2.93. The Morgan fingerprint density at radius 1 is 1.08 bits per heavy atom. The molecule has 3 nitrogen and oxygen atoms in total. The van der Waals surface area contributed by atoms with Gasteiger partial charge in [0.05, 0.1) is 12.0 Å². The average molecular weight is 184 g/mol. The molecule has 0 bridgehead atoms. The predicted octanol–water partition coefficient (Wildman–Crippen LogP) is 1.26. The van der Waals surface area contributed by atoms with Crippen molar-refractivity contribution in [3.05, 3.63) is 0 Å². The van der Waals surface area contributed by atoms with Crippen molar-refractivity contribution in [2.24, 2.45) is 17.8 Å². The number of hydrogen-bond acceptors (Lipinski definition) is 2. The van der Waals surface area contributed by atoms with Crippen LogP contribution < -0.4 is 0 Å². The van der Waals surface area contributed by atoms with Crippen molar-refractivity contribution in [3.63, 3.8) is 0 Å². The molecule has 0 aromatic rings. The van der Waals surface area contributed by atoms with E-state index >= 15 is 0 Å². The number of fused-ring (bicyclic) bond motifs is 1. The van der Waals surface area contributed by atoms with Crippen molar-refractivity contribution in [1.29, 1.82) is 0 Å². The fourth-order valence-electron chi connectivity index (χ4n) is 2.93. The molecule has 0 aromatic carbocycles. The van der Waals surface area contributed by atoms with Gasteiger partial charge in [-0.1, -0.05) is 0 Å². The largest absolute Gasteiger partial charge is 0.481 e. The van der Waals surface area contributed by atoms with E-state index in [1.165, 1.54) is 0 Å². The number of hydrogen-bond donors (Lipinski definition) is 2. The van der Waals surface area contributed by atoms with Gasteiger partial charge in [-0.3, -0.25) is 4.79 Å². The van der Waals surface area contributed by atoms with Crippen LogP contribution in [0.25, 0.3) is 0 Å². The van der Waals surface area contributed by atoms with Gasteiger partial charge in [0.25, 0.3) is 0 Å². The second-order valence-electron chi connectivity index (χ2n) is 4.49. The quantitative estimate of drug-likeness (QED) is 0.645. The van der Waals surface area contributed by atoms with Crippen LogP contribution in [-0.4, -0.2) is 22.3 Å². The van der Waals surface area contributed by atoms with Gasteiger partial charge in [0.2, 0.25) is 0 Å². The summed E-state index contributed by atoms with van der Waals surface area (Å²) in [4.78, 5) is 10.8. The van der Waals surface area contributed by atoms with Crippen LogP contribution in [0, 0.1) is 17.8 Å². The highest BCUT2D eigenvalue weighted by Gasteiger charge is 2.40. The maximum Gasteiger partial charge on any atom is 0.306 e. The molecule has 2 N–H and O–H groups in total. The van der Waals surface area contributed by atoms with Gasteiger partial charge in [-0.05, 0) is 43.9 Å². The van der Waals surface area contributed by atoms with E-state index in [2.05, 4.69) is 0 Å². The number of aliphatic hydroxyl groups excluding tert-OH is 1. The van der Waals surface area contributed by atoms with Crippen LogP contribution in [0.5, 0.6) is 0 Å². The number of rotatable bonds is 1. The van der Waals surface area contributed by atoms with E-state index < -0.39 is 5.97 Å². The molecule has 0 spiro atoms. The van der Waals surface area contributed by atoms with Crippen LogP contribution in [-0.2, 0) is 4.79 Å². The van der Waals surface area contributed by atoms with Gasteiger partial charge >= 0.3 is 5.97 Å². The highest BCUT2D eigenvalue weighted by molar-refractivity contribution is 5.70. The number of carboxylic acids is 1. The lowest BCUT2D eigenvalue weighted by Crippen LogP contribution is -2.23. The zero-order valence-corrected chi connectivity index (χ0v) is 7.65. The van der Waals surface area contributed by atoms with Crippen LogP contribution in [0.1, 0.15) is 32.1 Å². The first-order valence-electron chi connectivity index (χ1n) is 5.07. The smallest absolute Gasteiger partial charge is 0.306 e. The normalized spacial score (nSPS) is 44.4. The van der Waals surface area contributed by atoms with Crippen molar-refractivity contribution >= 4 is 5.97 Å². The van der Waals surface area contributed by atoms with E-state index in [0.29, 0.717) is 11.8 Å². The zero-order valence-electron chi connectivity index (χ0n) is 7.65. The number of carboxylic acid groups (broad SMARTS) is 1. The molecule has 2 saturated carbocycles. The molecule has 0 aliphatic heterocycles. The lowest BCUT2D eigenvalue weighted by atomic mass is 9.80. The number of aliphatic hydroxyl groups is 1. The second kappa shape index (κ2) is 3.29. The SMILES string of the molecule is O=C(O)[C@@H]1C[C@H]2CC[C@@H](O)C[C@@H]2C1. The Bertz CT molecular complexity index is 214. The summed E-state index contributed by atoms with van der Waals surface area (Å²) in [7, 11) is 0.